The van der Waals surface area contributed by atoms with E-state index < -0.39 is 0 Å². The van der Waals surface area contributed by atoms with Crippen molar-refractivity contribution in [3.8, 4) is 0 Å². The summed E-state index contributed by atoms with van der Waals surface area (Å²) in [5.41, 5.74) is -0.345. The highest BCUT2D eigenvalue weighted by Crippen LogP contribution is 2.28. The highest BCUT2D eigenvalue weighted by Gasteiger charge is 2.32. The van der Waals surface area contributed by atoms with Crippen LogP contribution in [0.4, 0.5) is 0 Å². The molecule has 1 aromatic rings. The zero-order valence-electron chi connectivity index (χ0n) is 12.5. The Balaban J connectivity index is 1.67. The predicted molar refractivity (Wildman–Crippen MR) is 87.4 cm³/mol. The summed E-state index contributed by atoms with van der Waals surface area (Å²) in [5, 5.41) is 12.7. The first-order chi connectivity index (χ1) is 10.2. The molecule has 1 aromatic carbocycles. The Kier molecular flexibility index (Phi) is 6.58. The molecule has 0 heterocycles. The third-order valence-electron chi connectivity index (χ3n) is 4.08. The van der Waals surface area contributed by atoms with Crippen LogP contribution in [0.2, 0.25) is 0 Å². The summed E-state index contributed by atoms with van der Waals surface area (Å²) in [6, 6.07) is 10.3. The van der Waals surface area contributed by atoms with E-state index in [1.165, 1.54) is 11.3 Å². The molecule has 1 saturated carbocycles. The van der Waals surface area contributed by atoms with Gasteiger partial charge in [0.05, 0.1) is 12.1 Å². The molecule has 1 fully saturated rings. The van der Waals surface area contributed by atoms with Crippen LogP contribution >= 0.6 is 11.8 Å². The Hall–Kier alpha value is -1.00. The predicted octanol–water partition coefficient (Wildman–Crippen LogP) is 3.37. The first kappa shape index (κ1) is 16.4. The Labute approximate surface area is 131 Å². The minimum atomic E-state index is -0.345. The van der Waals surface area contributed by atoms with E-state index in [0.29, 0.717) is 6.42 Å². The molecule has 1 amide bonds. The highest BCUT2D eigenvalue weighted by atomic mass is 32.2. The minimum absolute atomic E-state index is 0.0670. The molecule has 0 bridgehead atoms. The molecule has 4 heteroatoms. The second-order valence-corrected chi connectivity index (χ2v) is 6.98. The summed E-state index contributed by atoms with van der Waals surface area (Å²) in [6.45, 7) is 0.0670. The zero-order valence-corrected chi connectivity index (χ0v) is 13.3. The Morgan fingerprint density at radius 2 is 1.90 bits per heavy atom. The van der Waals surface area contributed by atoms with Crippen LogP contribution in [-0.4, -0.2) is 28.9 Å². The SMILES string of the molecule is O=C(CCCSc1ccccc1)NC1(CO)CCCCC1. The van der Waals surface area contributed by atoms with Gasteiger partial charge in [-0.2, -0.15) is 0 Å². The summed E-state index contributed by atoms with van der Waals surface area (Å²) < 4.78 is 0. The van der Waals surface area contributed by atoms with E-state index in [2.05, 4.69) is 17.4 Å². The van der Waals surface area contributed by atoms with Gasteiger partial charge in [-0.05, 0) is 37.1 Å². The summed E-state index contributed by atoms with van der Waals surface area (Å²) in [6.07, 6.45) is 6.65. The van der Waals surface area contributed by atoms with E-state index in [1.54, 1.807) is 11.8 Å². The number of aliphatic hydroxyl groups excluding tert-OH is 1. The van der Waals surface area contributed by atoms with Gasteiger partial charge in [-0.1, -0.05) is 37.5 Å². The molecule has 0 unspecified atom stereocenters. The van der Waals surface area contributed by atoms with Gasteiger partial charge in [-0.25, -0.2) is 0 Å². The van der Waals surface area contributed by atoms with E-state index in [4.69, 9.17) is 0 Å². The fourth-order valence-corrected chi connectivity index (χ4v) is 3.72. The molecular formula is C17H25NO2S. The maximum atomic E-state index is 12.1. The van der Waals surface area contributed by atoms with Crippen LogP contribution in [0.1, 0.15) is 44.9 Å². The van der Waals surface area contributed by atoms with Crippen molar-refractivity contribution in [1.82, 2.24) is 5.32 Å². The molecule has 0 spiro atoms. The van der Waals surface area contributed by atoms with Crippen LogP contribution in [0, 0.1) is 0 Å². The molecule has 0 saturated heterocycles. The molecule has 116 valence electrons. The number of hydrogen-bond donors (Lipinski definition) is 2. The van der Waals surface area contributed by atoms with Gasteiger partial charge in [0.1, 0.15) is 0 Å². The van der Waals surface area contributed by atoms with Crippen LogP contribution in [0.5, 0.6) is 0 Å². The van der Waals surface area contributed by atoms with Gasteiger partial charge in [0, 0.05) is 11.3 Å². The van der Waals surface area contributed by atoms with Gasteiger partial charge < -0.3 is 10.4 Å². The van der Waals surface area contributed by atoms with E-state index in [9.17, 15) is 9.90 Å². The van der Waals surface area contributed by atoms with Crippen molar-refractivity contribution >= 4 is 17.7 Å². The molecular weight excluding hydrogens is 282 g/mol. The average Bonchev–Trinajstić information content (AvgIpc) is 2.53. The minimum Gasteiger partial charge on any atom is -0.394 e. The lowest BCUT2D eigenvalue weighted by Crippen LogP contribution is -2.52. The fourth-order valence-electron chi connectivity index (χ4n) is 2.85. The number of hydrogen-bond acceptors (Lipinski definition) is 3. The molecule has 1 aliphatic carbocycles. The van der Waals surface area contributed by atoms with Gasteiger partial charge in [-0.3, -0.25) is 4.79 Å². The van der Waals surface area contributed by atoms with Crippen molar-refractivity contribution in [3.63, 3.8) is 0 Å². The van der Waals surface area contributed by atoms with Crippen molar-refractivity contribution in [2.75, 3.05) is 12.4 Å². The molecule has 21 heavy (non-hydrogen) atoms. The third kappa shape index (κ3) is 5.36. The molecule has 1 aliphatic rings. The van der Waals surface area contributed by atoms with E-state index in [1.807, 2.05) is 18.2 Å². The molecule has 0 radical (unpaired) electrons. The Bertz CT molecular complexity index is 430. The lowest BCUT2D eigenvalue weighted by molar-refractivity contribution is -0.124. The second-order valence-electron chi connectivity index (χ2n) is 5.81. The number of thioether (sulfide) groups is 1. The van der Waals surface area contributed by atoms with Crippen molar-refractivity contribution in [3.05, 3.63) is 30.3 Å². The standard InChI is InChI=1S/C17H25NO2S/c19-14-17(11-5-2-6-12-17)18-16(20)10-7-13-21-15-8-3-1-4-9-15/h1,3-4,8-9,19H,2,5-7,10-14H2,(H,18,20). The fraction of sp³-hybridized carbons (Fsp3) is 0.588. The van der Waals surface area contributed by atoms with Crippen molar-refractivity contribution in [1.29, 1.82) is 0 Å². The van der Waals surface area contributed by atoms with Crippen LogP contribution in [0.15, 0.2) is 35.2 Å². The van der Waals surface area contributed by atoms with Gasteiger partial charge in [0.15, 0.2) is 0 Å². The van der Waals surface area contributed by atoms with Crippen molar-refractivity contribution in [2.24, 2.45) is 0 Å². The maximum Gasteiger partial charge on any atom is 0.220 e. The van der Waals surface area contributed by atoms with Gasteiger partial charge in [0.2, 0.25) is 5.91 Å². The van der Waals surface area contributed by atoms with Gasteiger partial charge in [-0.15, -0.1) is 11.8 Å². The van der Waals surface area contributed by atoms with Crippen molar-refractivity contribution < 1.29 is 9.90 Å². The summed E-state index contributed by atoms with van der Waals surface area (Å²) in [5.74, 6) is 1.03. The summed E-state index contributed by atoms with van der Waals surface area (Å²) in [4.78, 5) is 13.3. The number of rotatable bonds is 7. The van der Waals surface area contributed by atoms with Gasteiger partial charge in [0.25, 0.3) is 0 Å². The average molecular weight is 307 g/mol. The first-order valence-electron chi connectivity index (χ1n) is 7.84. The van der Waals surface area contributed by atoms with Crippen LogP contribution in [0.3, 0.4) is 0 Å². The normalized spacial score (nSPS) is 17.4. The van der Waals surface area contributed by atoms with E-state index in [0.717, 1.165) is 37.9 Å². The summed E-state index contributed by atoms with van der Waals surface area (Å²) >= 11 is 1.78. The smallest absolute Gasteiger partial charge is 0.220 e. The number of carbonyl (C=O) groups is 1. The largest absolute Gasteiger partial charge is 0.394 e. The second kappa shape index (κ2) is 8.44. The molecule has 0 aliphatic heterocycles. The maximum absolute atomic E-state index is 12.1. The molecule has 0 atom stereocenters. The Morgan fingerprint density at radius 1 is 1.19 bits per heavy atom. The summed E-state index contributed by atoms with van der Waals surface area (Å²) in [7, 11) is 0. The molecule has 2 rings (SSSR count). The number of aliphatic hydroxyl groups is 1. The van der Waals surface area contributed by atoms with Crippen molar-refractivity contribution in [2.45, 2.75) is 55.4 Å². The van der Waals surface area contributed by atoms with E-state index >= 15 is 0 Å². The molecule has 0 aromatic heterocycles. The lowest BCUT2D eigenvalue weighted by atomic mass is 9.82. The number of benzene rings is 1. The number of nitrogens with one attached hydrogen (secondary N) is 1. The highest BCUT2D eigenvalue weighted by molar-refractivity contribution is 7.99. The third-order valence-corrected chi connectivity index (χ3v) is 5.18. The van der Waals surface area contributed by atoms with Crippen LogP contribution in [-0.2, 0) is 4.79 Å². The monoisotopic (exact) mass is 307 g/mol. The topological polar surface area (TPSA) is 49.3 Å². The van der Waals surface area contributed by atoms with Gasteiger partial charge >= 0.3 is 0 Å². The zero-order chi connectivity index (χ0) is 15.0. The van der Waals surface area contributed by atoms with E-state index in [-0.39, 0.29) is 18.1 Å². The van der Waals surface area contributed by atoms with Crippen LogP contribution < -0.4 is 5.32 Å². The number of carbonyl (C=O) groups excluding carboxylic acids is 1. The lowest BCUT2D eigenvalue weighted by Gasteiger charge is -2.36. The molecule has 2 N–H and O–H groups in total. The molecule has 3 nitrogen and oxygen atoms in total. The first-order valence-corrected chi connectivity index (χ1v) is 8.82. The Morgan fingerprint density at radius 3 is 2.57 bits per heavy atom. The van der Waals surface area contributed by atoms with Crippen LogP contribution in [0.25, 0.3) is 0 Å². The quantitative estimate of drug-likeness (QED) is 0.600. The number of amides is 1.